The maximum Gasteiger partial charge on any atom is 0.119 e. The van der Waals surface area contributed by atoms with Gasteiger partial charge in [-0.1, -0.05) is 76.2 Å². The Balaban J connectivity index is 0.000000126. The van der Waals surface area contributed by atoms with E-state index >= 15 is 0 Å². The van der Waals surface area contributed by atoms with E-state index in [9.17, 15) is 0 Å². The fraction of sp³-hybridized carbons (Fsp3) is 0.613. The Morgan fingerprint density at radius 1 is 0.372 bits per heavy atom. The monoisotopic (exact) mass is 1080 g/mol. The van der Waals surface area contributed by atoms with Crippen molar-refractivity contribution in [3.05, 3.63) is 119 Å². The largest absolute Gasteiger partial charge is 0.493 e. The maximum atomic E-state index is 5.92. The second-order valence-corrected chi connectivity index (χ2v) is 22.9. The van der Waals surface area contributed by atoms with Crippen LogP contribution >= 0.6 is 0 Å². The van der Waals surface area contributed by atoms with Gasteiger partial charge in [0.25, 0.3) is 0 Å². The summed E-state index contributed by atoms with van der Waals surface area (Å²) in [5, 5.41) is 0. The molecular formula is C62H84O16. The third-order valence-corrected chi connectivity index (χ3v) is 14.7. The molecule has 8 fully saturated rings. The van der Waals surface area contributed by atoms with E-state index in [1.807, 2.05) is 66.7 Å². The molecule has 4 atom stereocenters. The molecule has 78 heavy (non-hydrogen) atoms. The smallest absolute Gasteiger partial charge is 0.119 e. The lowest BCUT2D eigenvalue weighted by atomic mass is 9.84. The summed E-state index contributed by atoms with van der Waals surface area (Å²) in [6.07, 6.45) is 3.42. The fourth-order valence-electron chi connectivity index (χ4n) is 8.47. The van der Waals surface area contributed by atoms with Crippen molar-refractivity contribution in [1.82, 2.24) is 0 Å². The molecule has 0 radical (unpaired) electrons. The lowest BCUT2D eigenvalue weighted by Gasteiger charge is -2.40. The zero-order valence-corrected chi connectivity index (χ0v) is 46.5. The van der Waals surface area contributed by atoms with Crippen LogP contribution in [-0.4, -0.2) is 157 Å². The predicted octanol–water partition coefficient (Wildman–Crippen LogP) is 8.85. The molecule has 16 heteroatoms. The number of hydrogen-bond acceptors (Lipinski definition) is 16. The number of rotatable bonds is 30. The van der Waals surface area contributed by atoms with Crippen molar-refractivity contribution in [2.45, 2.75) is 91.4 Å². The molecule has 0 saturated carbocycles. The van der Waals surface area contributed by atoms with Gasteiger partial charge in [0.05, 0.1) is 151 Å². The minimum atomic E-state index is 0.176. The molecule has 428 valence electrons. The summed E-state index contributed by atoms with van der Waals surface area (Å²) in [5.74, 6) is 3.58. The van der Waals surface area contributed by atoms with Gasteiger partial charge in [-0.3, -0.25) is 0 Å². The number of ether oxygens (including phenoxy) is 16. The van der Waals surface area contributed by atoms with Crippen molar-refractivity contribution in [1.29, 1.82) is 0 Å². The molecule has 8 aliphatic rings. The van der Waals surface area contributed by atoms with E-state index in [4.69, 9.17) is 75.8 Å². The summed E-state index contributed by atoms with van der Waals surface area (Å²) in [7, 11) is 0. The van der Waals surface area contributed by atoms with Gasteiger partial charge in [0.15, 0.2) is 0 Å². The van der Waals surface area contributed by atoms with Gasteiger partial charge in [-0.05, 0) is 83.6 Å². The molecule has 4 aromatic rings. The quantitative estimate of drug-likeness (QED) is 0.0455. The highest BCUT2D eigenvalue weighted by atomic mass is 16.6. The van der Waals surface area contributed by atoms with E-state index in [0.29, 0.717) is 77.8 Å². The van der Waals surface area contributed by atoms with Gasteiger partial charge < -0.3 is 75.8 Å². The van der Waals surface area contributed by atoms with Crippen LogP contribution in [0.4, 0.5) is 0 Å². The Morgan fingerprint density at radius 3 is 1.04 bits per heavy atom. The van der Waals surface area contributed by atoms with Gasteiger partial charge in [-0.2, -0.15) is 0 Å². The molecular weight excluding hydrogens is 1000 g/mol. The molecule has 0 N–H and O–H groups in total. The molecule has 0 spiro atoms. The molecule has 8 heterocycles. The first-order valence-electron chi connectivity index (χ1n) is 28.0. The molecule has 4 aromatic carbocycles. The predicted molar refractivity (Wildman–Crippen MR) is 290 cm³/mol. The minimum absolute atomic E-state index is 0.176. The number of benzene rings is 4. The van der Waals surface area contributed by atoms with Crippen molar-refractivity contribution in [3.8, 4) is 23.0 Å². The fourth-order valence-corrected chi connectivity index (χ4v) is 8.47. The Bertz CT molecular complexity index is 2370. The van der Waals surface area contributed by atoms with Crippen molar-refractivity contribution in [3.63, 3.8) is 0 Å². The van der Waals surface area contributed by atoms with E-state index in [1.165, 1.54) is 0 Å². The van der Waals surface area contributed by atoms with Crippen LogP contribution < -0.4 is 18.9 Å². The Kier molecular flexibility index (Phi) is 21.5. The highest BCUT2D eigenvalue weighted by molar-refractivity contribution is 5.31. The van der Waals surface area contributed by atoms with Crippen molar-refractivity contribution < 1.29 is 75.8 Å². The maximum absolute atomic E-state index is 5.92. The Morgan fingerprint density at radius 2 is 0.692 bits per heavy atom. The van der Waals surface area contributed by atoms with Crippen LogP contribution in [0.25, 0.3) is 0 Å². The molecule has 0 aliphatic carbocycles. The van der Waals surface area contributed by atoms with Gasteiger partial charge >= 0.3 is 0 Å². The van der Waals surface area contributed by atoms with Crippen LogP contribution in [0.1, 0.15) is 62.8 Å². The summed E-state index contributed by atoms with van der Waals surface area (Å²) in [6.45, 7) is 26.6. The molecule has 0 bridgehead atoms. The third kappa shape index (κ3) is 20.0. The summed E-state index contributed by atoms with van der Waals surface area (Å²) >= 11 is 0. The minimum Gasteiger partial charge on any atom is -0.493 e. The lowest BCUT2D eigenvalue weighted by molar-refractivity contribution is -0.152. The normalized spacial score (nSPS) is 23.4. The van der Waals surface area contributed by atoms with E-state index in [2.05, 4.69) is 58.0 Å². The molecule has 0 amide bonds. The van der Waals surface area contributed by atoms with Gasteiger partial charge in [0.1, 0.15) is 60.6 Å². The topological polar surface area (TPSA) is 161 Å². The molecule has 12 rings (SSSR count). The first-order chi connectivity index (χ1) is 38.1. The second kappa shape index (κ2) is 28.8. The third-order valence-electron chi connectivity index (χ3n) is 14.7. The standard InChI is InChI=1S/2C16H22O4.2C15H20O4/c1-2-16(11-18-12-16)10-17-7-13-4-3-5-14(6-13)19-8-15-9-20-15;1-2-16(10-18-11-16)12-20-14-5-3-4-13(6-14)7-17-8-15-9-19-15;1-15(10-17-11-15)9-16-6-12-3-2-4-13(5-12)18-7-14-8-19-14;1-15(9-17-10-15)11-19-13-4-2-3-12(5-13)6-16-7-14-8-18-14/h2*3-6,15H,2,7-12H2,1H3;2*2-5,14H,6-11H2,1H3. The zero-order valence-electron chi connectivity index (χ0n) is 46.5. The second-order valence-electron chi connectivity index (χ2n) is 22.9. The van der Waals surface area contributed by atoms with Crippen LogP contribution in [0.3, 0.4) is 0 Å². The summed E-state index contributed by atoms with van der Waals surface area (Å²) < 4.78 is 87.4. The van der Waals surface area contributed by atoms with Gasteiger partial charge in [-0.25, -0.2) is 0 Å². The van der Waals surface area contributed by atoms with E-state index in [-0.39, 0.29) is 27.8 Å². The SMILES string of the molecule is CC1(COCc2cccc(OCC3CO3)c2)COC1.CC1(COc2cccc(COCC3CO3)c2)COC1.CCC1(COCc2cccc(OCC3CO3)c2)COC1.CCC1(COc2cccc(COCC3CO3)c2)COC1. The zero-order chi connectivity index (χ0) is 53.9. The van der Waals surface area contributed by atoms with Crippen molar-refractivity contribution >= 4 is 0 Å². The lowest BCUT2D eigenvalue weighted by Crippen LogP contribution is -2.46. The molecule has 8 saturated heterocycles. The molecule has 16 nitrogen and oxygen atoms in total. The van der Waals surface area contributed by atoms with E-state index < -0.39 is 0 Å². The Hall–Kier alpha value is -4.40. The highest BCUT2D eigenvalue weighted by Gasteiger charge is 2.39. The summed E-state index contributed by atoms with van der Waals surface area (Å²) in [6, 6.07) is 32.3. The number of epoxide rings is 4. The van der Waals surface area contributed by atoms with Gasteiger partial charge in [0.2, 0.25) is 0 Å². The van der Waals surface area contributed by atoms with Crippen LogP contribution in [-0.2, 0) is 83.3 Å². The average molecular weight is 1090 g/mol. The highest BCUT2D eigenvalue weighted by Crippen LogP contribution is 2.34. The van der Waals surface area contributed by atoms with Crippen LogP contribution in [0, 0.1) is 21.7 Å². The molecule has 4 unspecified atom stereocenters. The van der Waals surface area contributed by atoms with Gasteiger partial charge in [0, 0.05) is 16.2 Å². The van der Waals surface area contributed by atoms with Crippen molar-refractivity contribution in [2.75, 3.05) is 132 Å². The van der Waals surface area contributed by atoms with Crippen LogP contribution in [0.5, 0.6) is 23.0 Å². The van der Waals surface area contributed by atoms with Crippen molar-refractivity contribution in [2.24, 2.45) is 21.7 Å². The molecule has 0 aromatic heterocycles. The van der Waals surface area contributed by atoms with Crippen LogP contribution in [0.15, 0.2) is 97.1 Å². The first kappa shape index (κ1) is 58.3. The summed E-state index contributed by atoms with van der Waals surface area (Å²) in [5.41, 5.74) is 5.40. The molecule has 8 aliphatic heterocycles. The average Bonchev–Trinajstić information content (AvgIpc) is 4.17. The van der Waals surface area contributed by atoms with E-state index in [0.717, 1.165) is 157 Å². The van der Waals surface area contributed by atoms with Gasteiger partial charge in [-0.15, -0.1) is 0 Å². The van der Waals surface area contributed by atoms with Crippen LogP contribution in [0.2, 0.25) is 0 Å². The first-order valence-corrected chi connectivity index (χ1v) is 28.0. The van der Waals surface area contributed by atoms with E-state index in [1.54, 1.807) is 0 Å². The Labute approximate surface area is 461 Å². The summed E-state index contributed by atoms with van der Waals surface area (Å²) in [4.78, 5) is 0. The number of hydrogen-bond donors (Lipinski definition) is 0.